The number of hydrogen-bond acceptors (Lipinski definition) is 4. The minimum Gasteiger partial charge on any atom is -0.380 e. The highest BCUT2D eigenvalue weighted by atomic mass is 32.2. The first-order valence-electron chi connectivity index (χ1n) is 7.97. The van der Waals surface area contributed by atoms with E-state index in [4.69, 9.17) is 9.88 Å². The van der Waals surface area contributed by atoms with Gasteiger partial charge < -0.3 is 15.4 Å². The van der Waals surface area contributed by atoms with E-state index < -0.39 is 10.0 Å². The maximum Gasteiger partial charge on any atom is 0.238 e. The van der Waals surface area contributed by atoms with Gasteiger partial charge in [-0.2, -0.15) is 0 Å². The summed E-state index contributed by atoms with van der Waals surface area (Å²) in [6.07, 6.45) is 1.05. The number of nitrogens with two attached hydrogens (primary N) is 1. The Balaban J connectivity index is 2.37. The predicted octanol–water partition coefficient (Wildman–Crippen LogP) is 1.06. The Morgan fingerprint density at radius 3 is 2.67 bits per heavy atom. The Morgan fingerprint density at radius 2 is 2.04 bits per heavy atom. The van der Waals surface area contributed by atoms with Gasteiger partial charge in [0.2, 0.25) is 10.0 Å². The zero-order chi connectivity index (χ0) is 18.0. The fourth-order valence-corrected chi connectivity index (χ4v) is 2.49. The van der Waals surface area contributed by atoms with Gasteiger partial charge in [0.1, 0.15) is 0 Å². The van der Waals surface area contributed by atoms with Gasteiger partial charge in [-0.1, -0.05) is 26.0 Å². The van der Waals surface area contributed by atoms with E-state index >= 15 is 0 Å². The lowest BCUT2D eigenvalue weighted by Gasteiger charge is -2.13. The van der Waals surface area contributed by atoms with E-state index in [1.54, 1.807) is 19.2 Å². The molecule has 7 nitrogen and oxygen atoms in total. The number of nitrogens with one attached hydrogen (secondary N) is 2. The molecular weight excluding hydrogens is 328 g/mol. The number of aliphatic imine (C=N–C) groups is 1. The van der Waals surface area contributed by atoms with Crippen LogP contribution < -0.4 is 15.8 Å². The molecule has 0 aliphatic heterocycles. The van der Waals surface area contributed by atoms with E-state index in [0.717, 1.165) is 18.6 Å². The Kier molecular flexibility index (Phi) is 8.73. The van der Waals surface area contributed by atoms with Crippen molar-refractivity contribution in [2.24, 2.45) is 16.0 Å². The molecule has 136 valence electrons. The monoisotopic (exact) mass is 356 g/mol. The average Bonchev–Trinajstić information content (AvgIpc) is 2.52. The summed E-state index contributed by atoms with van der Waals surface area (Å²) in [5.41, 5.74) is 0.803. The molecule has 0 fully saturated rings. The predicted molar refractivity (Wildman–Crippen MR) is 96.3 cm³/mol. The van der Waals surface area contributed by atoms with Crippen LogP contribution in [0.2, 0.25) is 0 Å². The molecule has 8 heteroatoms. The molecule has 0 bridgehead atoms. The number of sulfonamides is 1. The summed E-state index contributed by atoms with van der Waals surface area (Å²) in [6.45, 7) is 6.78. The zero-order valence-corrected chi connectivity index (χ0v) is 15.4. The molecule has 1 aromatic carbocycles. The molecule has 0 heterocycles. The van der Waals surface area contributed by atoms with Crippen molar-refractivity contribution in [3.8, 4) is 0 Å². The number of primary sulfonamides is 1. The number of rotatable bonds is 9. The first-order chi connectivity index (χ1) is 11.3. The molecule has 0 aliphatic carbocycles. The molecule has 0 aliphatic rings. The van der Waals surface area contributed by atoms with Crippen molar-refractivity contribution in [3.05, 3.63) is 29.8 Å². The first kappa shape index (κ1) is 20.4. The second kappa shape index (κ2) is 10.3. The van der Waals surface area contributed by atoms with Crippen molar-refractivity contribution in [2.45, 2.75) is 31.7 Å². The molecule has 0 radical (unpaired) electrons. The van der Waals surface area contributed by atoms with Gasteiger partial charge in [0.15, 0.2) is 5.96 Å². The number of benzene rings is 1. The van der Waals surface area contributed by atoms with Crippen molar-refractivity contribution in [2.75, 3.05) is 26.8 Å². The van der Waals surface area contributed by atoms with Crippen LogP contribution in [0.15, 0.2) is 34.2 Å². The van der Waals surface area contributed by atoms with Crippen LogP contribution in [-0.2, 0) is 21.3 Å². The summed E-state index contributed by atoms with van der Waals surface area (Å²) in [5.74, 6) is 1.27. The number of nitrogens with zero attached hydrogens (tertiary/aromatic N) is 1. The van der Waals surface area contributed by atoms with E-state index in [2.05, 4.69) is 29.5 Å². The maximum absolute atomic E-state index is 11.4. The summed E-state index contributed by atoms with van der Waals surface area (Å²) in [7, 11) is -2.01. The summed E-state index contributed by atoms with van der Waals surface area (Å²) in [4.78, 5) is 4.22. The van der Waals surface area contributed by atoms with Crippen LogP contribution in [0.1, 0.15) is 25.8 Å². The third-order valence-corrected chi connectivity index (χ3v) is 4.20. The van der Waals surface area contributed by atoms with E-state index in [0.29, 0.717) is 31.6 Å². The van der Waals surface area contributed by atoms with Gasteiger partial charge in [-0.05, 0) is 30.0 Å². The highest BCUT2D eigenvalue weighted by molar-refractivity contribution is 7.89. The second-order valence-electron chi connectivity index (χ2n) is 5.84. The number of guanidine groups is 1. The summed E-state index contributed by atoms with van der Waals surface area (Å²) in [6, 6.07) is 6.50. The van der Waals surface area contributed by atoms with Gasteiger partial charge in [0.25, 0.3) is 0 Å². The smallest absolute Gasteiger partial charge is 0.238 e. The zero-order valence-electron chi connectivity index (χ0n) is 14.6. The van der Waals surface area contributed by atoms with Crippen LogP contribution in [0.3, 0.4) is 0 Å². The molecule has 24 heavy (non-hydrogen) atoms. The van der Waals surface area contributed by atoms with Crippen LogP contribution in [0.5, 0.6) is 0 Å². The minimum atomic E-state index is -3.69. The molecule has 1 rings (SSSR count). The fourth-order valence-electron chi connectivity index (χ4n) is 1.90. The number of ether oxygens (including phenoxy) is 1. The summed E-state index contributed by atoms with van der Waals surface area (Å²) >= 11 is 0. The minimum absolute atomic E-state index is 0.100. The molecule has 0 atom stereocenters. The van der Waals surface area contributed by atoms with Crippen LogP contribution >= 0.6 is 0 Å². The van der Waals surface area contributed by atoms with Crippen LogP contribution in [0, 0.1) is 5.92 Å². The van der Waals surface area contributed by atoms with Crippen molar-refractivity contribution in [1.29, 1.82) is 0 Å². The molecule has 1 aromatic rings. The molecule has 0 amide bonds. The molecule has 0 unspecified atom stereocenters. The second-order valence-corrected chi connectivity index (χ2v) is 7.40. The Labute approximate surface area is 144 Å². The van der Waals surface area contributed by atoms with Crippen LogP contribution in [-0.4, -0.2) is 41.2 Å². The van der Waals surface area contributed by atoms with Gasteiger partial charge in [0.05, 0.1) is 11.5 Å². The average molecular weight is 356 g/mol. The molecule has 0 spiro atoms. The van der Waals surface area contributed by atoms with E-state index in [9.17, 15) is 8.42 Å². The SMILES string of the molecule is CN=C(NCCOCCC(C)C)NCc1cccc(S(N)(=O)=O)c1. The van der Waals surface area contributed by atoms with Crippen molar-refractivity contribution in [3.63, 3.8) is 0 Å². The van der Waals surface area contributed by atoms with Gasteiger partial charge in [-0.15, -0.1) is 0 Å². The van der Waals surface area contributed by atoms with Crippen LogP contribution in [0.4, 0.5) is 0 Å². The Morgan fingerprint density at radius 1 is 1.29 bits per heavy atom. The Bertz CT molecular complexity index is 630. The van der Waals surface area contributed by atoms with Gasteiger partial charge in [0, 0.05) is 26.7 Å². The lowest BCUT2D eigenvalue weighted by Crippen LogP contribution is -2.38. The van der Waals surface area contributed by atoms with Gasteiger partial charge >= 0.3 is 0 Å². The third kappa shape index (κ3) is 8.28. The standard InChI is InChI=1S/C16H28N4O3S/c1-13(2)7-9-23-10-8-19-16(18-3)20-12-14-5-4-6-15(11-14)24(17,21)22/h4-6,11,13H,7-10,12H2,1-3H3,(H2,17,21,22)(H2,18,19,20). The maximum atomic E-state index is 11.4. The lowest BCUT2D eigenvalue weighted by atomic mass is 10.1. The highest BCUT2D eigenvalue weighted by Crippen LogP contribution is 2.09. The molecular formula is C16H28N4O3S. The van der Waals surface area contributed by atoms with E-state index in [1.165, 1.54) is 6.07 Å². The highest BCUT2D eigenvalue weighted by Gasteiger charge is 2.08. The van der Waals surface area contributed by atoms with Crippen molar-refractivity contribution in [1.82, 2.24) is 10.6 Å². The van der Waals surface area contributed by atoms with E-state index in [1.807, 2.05) is 6.07 Å². The van der Waals surface area contributed by atoms with Crippen LogP contribution in [0.25, 0.3) is 0 Å². The topological polar surface area (TPSA) is 106 Å². The van der Waals surface area contributed by atoms with Gasteiger partial charge in [-0.25, -0.2) is 13.6 Å². The molecule has 4 N–H and O–H groups in total. The number of hydrogen-bond donors (Lipinski definition) is 3. The summed E-state index contributed by atoms with van der Waals surface area (Å²) < 4.78 is 28.2. The lowest BCUT2D eigenvalue weighted by molar-refractivity contribution is 0.128. The fraction of sp³-hybridized carbons (Fsp3) is 0.562. The third-order valence-electron chi connectivity index (χ3n) is 3.29. The Hall–Kier alpha value is -1.64. The molecule has 0 saturated carbocycles. The van der Waals surface area contributed by atoms with Crippen molar-refractivity contribution < 1.29 is 13.2 Å². The van der Waals surface area contributed by atoms with Gasteiger partial charge in [-0.3, -0.25) is 4.99 Å². The molecule has 0 saturated heterocycles. The summed E-state index contributed by atoms with van der Waals surface area (Å²) in [5, 5.41) is 11.4. The quantitative estimate of drug-likeness (QED) is 0.348. The first-order valence-corrected chi connectivity index (χ1v) is 9.51. The van der Waals surface area contributed by atoms with E-state index in [-0.39, 0.29) is 4.90 Å². The molecule has 0 aromatic heterocycles. The largest absolute Gasteiger partial charge is 0.380 e. The normalized spacial score (nSPS) is 12.5. The van der Waals surface area contributed by atoms with Crippen molar-refractivity contribution >= 4 is 16.0 Å².